The first-order valence-corrected chi connectivity index (χ1v) is 8.85. The molecule has 0 fully saturated rings. The standard InChI is InChI=1S/C19H25NO2S/c1-14-6-8-15(9-7-14)18(20-23(21)19(2,3)4)16-10-12-17(22-5)13-11-16/h6-13,18,20H,1-5H3/t18-,23-/m0/s1. The van der Waals surface area contributed by atoms with E-state index in [1.165, 1.54) is 5.56 Å². The molecule has 0 aliphatic rings. The topological polar surface area (TPSA) is 38.3 Å². The second-order valence-electron chi connectivity index (χ2n) is 6.62. The Balaban J connectivity index is 2.37. The van der Waals surface area contributed by atoms with E-state index in [2.05, 4.69) is 35.9 Å². The average Bonchev–Trinajstić information content (AvgIpc) is 2.52. The lowest BCUT2D eigenvalue weighted by Crippen LogP contribution is -2.36. The summed E-state index contributed by atoms with van der Waals surface area (Å²) in [7, 11) is 0.490. The maximum Gasteiger partial charge on any atom is 0.118 e. The Morgan fingerprint density at radius 1 is 0.957 bits per heavy atom. The van der Waals surface area contributed by atoms with Crippen LogP contribution in [0.15, 0.2) is 48.5 Å². The van der Waals surface area contributed by atoms with E-state index < -0.39 is 11.0 Å². The van der Waals surface area contributed by atoms with Crippen molar-refractivity contribution in [1.29, 1.82) is 0 Å². The number of rotatable bonds is 5. The van der Waals surface area contributed by atoms with Gasteiger partial charge < -0.3 is 4.74 Å². The Labute approximate surface area is 141 Å². The summed E-state index contributed by atoms with van der Waals surface area (Å²) in [6.07, 6.45) is 0. The summed E-state index contributed by atoms with van der Waals surface area (Å²) >= 11 is 0. The highest BCUT2D eigenvalue weighted by Gasteiger charge is 2.24. The van der Waals surface area contributed by atoms with Crippen LogP contribution in [-0.2, 0) is 11.0 Å². The number of hydrogen-bond donors (Lipinski definition) is 1. The summed E-state index contributed by atoms with van der Waals surface area (Å²) in [4.78, 5) is 0. The lowest BCUT2D eigenvalue weighted by Gasteiger charge is -2.25. The Hall–Kier alpha value is -1.65. The molecule has 0 saturated heterocycles. The van der Waals surface area contributed by atoms with E-state index in [1.807, 2.05) is 45.0 Å². The van der Waals surface area contributed by atoms with Gasteiger partial charge in [-0.25, -0.2) is 8.93 Å². The molecule has 2 rings (SSSR count). The van der Waals surface area contributed by atoms with Crippen LogP contribution in [-0.4, -0.2) is 16.1 Å². The first-order chi connectivity index (χ1) is 10.8. The Morgan fingerprint density at radius 2 is 1.43 bits per heavy atom. The summed E-state index contributed by atoms with van der Waals surface area (Å²) in [6.45, 7) is 7.97. The molecule has 0 aliphatic carbocycles. The summed E-state index contributed by atoms with van der Waals surface area (Å²) in [5.41, 5.74) is 3.37. The maximum absolute atomic E-state index is 12.6. The monoisotopic (exact) mass is 331 g/mol. The van der Waals surface area contributed by atoms with E-state index in [4.69, 9.17) is 4.74 Å². The summed E-state index contributed by atoms with van der Waals surface area (Å²) in [5, 5.41) is 0. The number of methoxy groups -OCH3 is 1. The SMILES string of the molecule is COc1ccc([C@@H](N[S@@](=O)C(C)(C)C)c2ccc(C)cc2)cc1. The van der Waals surface area contributed by atoms with Gasteiger partial charge in [-0.05, 0) is 51.0 Å². The number of benzene rings is 2. The fraction of sp³-hybridized carbons (Fsp3) is 0.368. The molecule has 0 saturated carbocycles. The summed E-state index contributed by atoms with van der Waals surface area (Å²) in [6, 6.07) is 16.1. The second kappa shape index (κ2) is 7.28. The van der Waals surface area contributed by atoms with Crippen molar-refractivity contribution in [2.24, 2.45) is 0 Å². The predicted octanol–water partition coefficient (Wildman–Crippen LogP) is 4.14. The molecule has 3 nitrogen and oxygen atoms in total. The van der Waals surface area contributed by atoms with Crippen molar-refractivity contribution in [3.8, 4) is 5.75 Å². The van der Waals surface area contributed by atoms with Crippen molar-refractivity contribution in [2.45, 2.75) is 38.5 Å². The first kappa shape index (κ1) is 17.7. The van der Waals surface area contributed by atoms with Gasteiger partial charge in [0.2, 0.25) is 0 Å². The highest BCUT2D eigenvalue weighted by molar-refractivity contribution is 7.84. The number of hydrogen-bond acceptors (Lipinski definition) is 2. The minimum atomic E-state index is -1.16. The molecular weight excluding hydrogens is 306 g/mol. The lowest BCUT2D eigenvalue weighted by atomic mass is 9.99. The lowest BCUT2D eigenvalue weighted by molar-refractivity contribution is 0.414. The van der Waals surface area contributed by atoms with Gasteiger partial charge in [-0.2, -0.15) is 0 Å². The van der Waals surface area contributed by atoms with Crippen molar-refractivity contribution in [3.63, 3.8) is 0 Å². The molecule has 23 heavy (non-hydrogen) atoms. The molecule has 2 aromatic carbocycles. The van der Waals surface area contributed by atoms with Crippen LogP contribution >= 0.6 is 0 Å². The maximum atomic E-state index is 12.6. The minimum Gasteiger partial charge on any atom is -0.497 e. The zero-order valence-corrected chi connectivity index (χ0v) is 15.2. The summed E-state index contributed by atoms with van der Waals surface area (Å²) in [5.74, 6) is 0.813. The van der Waals surface area contributed by atoms with Gasteiger partial charge in [0.05, 0.1) is 28.9 Å². The van der Waals surface area contributed by atoms with Crippen LogP contribution in [0.3, 0.4) is 0 Å². The Morgan fingerprint density at radius 3 is 1.87 bits per heavy atom. The molecule has 124 valence electrons. The van der Waals surface area contributed by atoms with Gasteiger partial charge in [0.15, 0.2) is 0 Å². The molecular formula is C19H25NO2S. The fourth-order valence-corrected chi connectivity index (χ4v) is 3.01. The van der Waals surface area contributed by atoms with Gasteiger partial charge in [0, 0.05) is 0 Å². The molecule has 4 heteroatoms. The van der Waals surface area contributed by atoms with Crippen LogP contribution in [0, 0.1) is 6.92 Å². The van der Waals surface area contributed by atoms with Crippen LogP contribution in [0.1, 0.15) is 43.5 Å². The van der Waals surface area contributed by atoms with Crippen molar-refractivity contribution in [3.05, 3.63) is 65.2 Å². The molecule has 0 spiro atoms. The zero-order chi connectivity index (χ0) is 17.0. The molecule has 0 aliphatic heterocycles. The molecule has 0 radical (unpaired) electrons. The van der Waals surface area contributed by atoms with Crippen LogP contribution in [0.5, 0.6) is 5.75 Å². The third-order valence-electron chi connectivity index (χ3n) is 3.64. The predicted molar refractivity (Wildman–Crippen MR) is 97.0 cm³/mol. The van der Waals surface area contributed by atoms with Crippen molar-refractivity contribution in [2.75, 3.05) is 7.11 Å². The molecule has 0 aromatic heterocycles. The van der Waals surface area contributed by atoms with Gasteiger partial charge in [-0.15, -0.1) is 0 Å². The average molecular weight is 331 g/mol. The van der Waals surface area contributed by atoms with Crippen LogP contribution in [0.4, 0.5) is 0 Å². The molecule has 0 amide bonds. The second-order valence-corrected chi connectivity index (χ2v) is 8.61. The normalized spacial score (nSPS) is 14.3. The highest BCUT2D eigenvalue weighted by atomic mass is 32.2. The third kappa shape index (κ3) is 4.66. The third-order valence-corrected chi connectivity index (χ3v) is 5.20. The molecule has 0 unspecified atom stereocenters. The van der Waals surface area contributed by atoms with Gasteiger partial charge in [-0.3, -0.25) is 0 Å². The van der Waals surface area contributed by atoms with Crippen molar-refractivity contribution >= 4 is 11.0 Å². The smallest absolute Gasteiger partial charge is 0.118 e. The molecule has 2 aromatic rings. The van der Waals surface area contributed by atoms with Gasteiger partial charge in [0.1, 0.15) is 5.75 Å². The Kier molecular flexibility index (Phi) is 5.60. The van der Waals surface area contributed by atoms with Gasteiger partial charge in [0.25, 0.3) is 0 Å². The first-order valence-electron chi connectivity index (χ1n) is 7.70. The van der Waals surface area contributed by atoms with E-state index in [9.17, 15) is 4.21 Å². The van der Waals surface area contributed by atoms with Gasteiger partial charge in [-0.1, -0.05) is 42.0 Å². The van der Waals surface area contributed by atoms with Crippen LogP contribution in [0.2, 0.25) is 0 Å². The summed E-state index contributed by atoms with van der Waals surface area (Å²) < 4.78 is 20.8. The van der Waals surface area contributed by atoms with E-state index in [0.29, 0.717) is 0 Å². The van der Waals surface area contributed by atoms with Crippen LogP contribution < -0.4 is 9.46 Å². The highest BCUT2D eigenvalue weighted by Crippen LogP contribution is 2.26. The van der Waals surface area contributed by atoms with E-state index in [1.54, 1.807) is 7.11 Å². The molecule has 2 atom stereocenters. The minimum absolute atomic E-state index is 0.124. The fourth-order valence-electron chi connectivity index (χ4n) is 2.17. The molecule has 0 bridgehead atoms. The number of nitrogens with one attached hydrogen (secondary N) is 1. The quantitative estimate of drug-likeness (QED) is 0.894. The molecule has 1 N–H and O–H groups in total. The van der Waals surface area contributed by atoms with E-state index >= 15 is 0 Å². The zero-order valence-electron chi connectivity index (χ0n) is 14.4. The number of aryl methyl sites for hydroxylation is 1. The van der Waals surface area contributed by atoms with Crippen molar-refractivity contribution in [1.82, 2.24) is 4.72 Å². The van der Waals surface area contributed by atoms with E-state index in [0.717, 1.165) is 16.9 Å². The van der Waals surface area contributed by atoms with Crippen molar-refractivity contribution < 1.29 is 8.95 Å². The molecule has 0 heterocycles. The van der Waals surface area contributed by atoms with Gasteiger partial charge >= 0.3 is 0 Å². The number of ether oxygens (including phenoxy) is 1. The largest absolute Gasteiger partial charge is 0.497 e. The van der Waals surface area contributed by atoms with Crippen LogP contribution in [0.25, 0.3) is 0 Å². The van der Waals surface area contributed by atoms with E-state index in [-0.39, 0.29) is 10.8 Å². The Bertz CT molecular complexity index is 657.